The van der Waals surface area contributed by atoms with E-state index in [-0.39, 0.29) is 21.8 Å². The summed E-state index contributed by atoms with van der Waals surface area (Å²) in [7, 11) is 0. The van der Waals surface area contributed by atoms with E-state index in [1.165, 1.54) is 36.4 Å². The van der Waals surface area contributed by atoms with Crippen molar-refractivity contribution in [2.45, 2.75) is 12.3 Å². The first-order chi connectivity index (χ1) is 11.4. The molecule has 0 radical (unpaired) electrons. The number of halogens is 1. The fourth-order valence-corrected chi connectivity index (χ4v) is 2.50. The lowest BCUT2D eigenvalue weighted by molar-refractivity contribution is -0.308. The van der Waals surface area contributed by atoms with Gasteiger partial charge < -0.3 is 25.1 Å². The van der Waals surface area contributed by atoms with E-state index in [1.54, 1.807) is 12.1 Å². The number of anilines is 1. The van der Waals surface area contributed by atoms with Crippen molar-refractivity contribution in [2.24, 2.45) is 0 Å². The molecule has 0 heterocycles. The summed E-state index contributed by atoms with van der Waals surface area (Å²) in [6, 6.07) is 11.9. The molecule has 0 aliphatic heterocycles. The third kappa shape index (κ3) is 4.11. The van der Waals surface area contributed by atoms with E-state index in [1.807, 2.05) is 0 Å². The third-order valence-corrected chi connectivity index (χ3v) is 3.72. The number of benzene rings is 2. The molecule has 1 amide bonds. The predicted molar refractivity (Wildman–Crippen MR) is 83.2 cm³/mol. The number of aliphatic carboxylic acids is 1. The zero-order chi connectivity index (χ0) is 17.7. The van der Waals surface area contributed by atoms with Crippen LogP contribution in [-0.4, -0.2) is 17.8 Å². The van der Waals surface area contributed by atoms with E-state index in [9.17, 15) is 24.6 Å². The molecular weight excluding hydrogens is 334 g/mol. The second-order valence-corrected chi connectivity index (χ2v) is 5.39. The van der Waals surface area contributed by atoms with Crippen LogP contribution in [0.1, 0.15) is 28.3 Å². The van der Waals surface area contributed by atoms with Crippen molar-refractivity contribution in [1.29, 1.82) is 0 Å². The molecule has 2 aromatic carbocycles. The lowest BCUT2D eigenvalue weighted by Gasteiger charge is -2.20. The summed E-state index contributed by atoms with van der Waals surface area (Å²) in [6.07, 6.45) is -0.451. The summed E-state index contributed by atoms with van der Waals surface area (Å²) >= 11 is 5.96. The van der Waals surface area contributed by atoms with Gasteiger partial charge in [0.2, 0.25) is 5.91 Å². The minimum Gasteiger partial charge on any atom is -0.549 e. The number of rotatable bonds is 6. The second-order valence-electron chi connectivity index (χ2n) is 4.98. The van der Waals surface area contributed by atoms with E-state index in [4.69, 9.17) is 11.6 Å². The van der Waals surface area contributed by atoms with Crippen LogP contribution < -0.4 is 15.5 Å². The highest BCUT2D eigenvalue weighted by Gasteiger charge is 2.20. The number of carbonyl (C=O) groups is 3. The van der Waals surface area contributed by atoms with Gasteiger partial charge in [0.05, 0.1) is 5.97 Å². The highest BCUT2D eigenvalue weighted by Crippen LogP contribution is 2.27. The summed E-state index contributed by atoms with van der Waals surface area (Å²) in [5.41, 5.74) is 0.0786. The number of hydrogen-bond donors (Lipinski definition) is 1. The molecule has 0 aromatic heterocycles. The Kier molecular flexibility index (Phi) is 5.55. The Morgan fingerprint density at radius 1 is 1.00 bits per heavy atom. The van der Waals surface area contributed by atoms with Crippen molar-refractivity contribution >= 4 is 35.1 Å². The molecule has 7 heteroatoms. The summed E-state index contributed by atoms with van der Waals surface area (Å²) in [5.74, 6) is -4.84. The Labute approximate surface area is 142 Å². The van der Waals surface area contributed by atoms with Gasteiger partial charge >= 0.3 is 0 Å². The molecule has 24 heavy (non-hydrogen) atoms. The van der Waals surface area contributed by atoms with Crippen LogP contribution >= 0.6 is 11.6 Å². The normalized spacial score (nSPS) is 11.5. The van der Waals surface area contributed by atoms with Crippen molar-refractivity contribution in [3.05, 3.63) is 64.7 Å². The van der Waals surface area contributed by atoms with Gasteiger partial charge in [0, 0.05) is 34.6 Å². The van der Waals surface area contributed by atoms with Crippen LogP contribution in [0.3, 0.4) is 0 Å². The van der Waals surface area contributed by atoms with E-state index >= 15 is 0 Å². The van der Waals surface area contributed by atoms with Crippen LogP contribution in [0, 0.1) is 0 Å². The maximum atomic E-state index is 12.1. The number of carboxylic acids is 2. The number of nitrogens with one attached hydrogen (secondary N) is 1. The van der Waals surface area contributed by atoms with Gasteiger partial charge in [-0.1, -0.05) is 48.0 Å². The molecule has 1 N–H and O–H groups in total. The largest absolute Gasteiger partial charge is 0.549 e. The Hall–Kier alpha value is -2.86. The van der Waals surface area contributed by atoms with Crippen LogP contribution in [0.4, 0.5) is 5.69 Å². The first kappa shape index (κ1) is 17.5. The van der Waals surface area contributed by atoms with Crippen LogP contribution in [0.25, 0.3) is 0 Å². The zero-order valence-electron chi connectivity index (χ0n) is 12.3. The molecule has 0 aliphatic carbocycles. The van der Waals surface area contributed by atoms with Crippen LogP contribution in [0.2, 0.25) is 5.02 Å². The van der Waals surface area contributed by atoms with Crippen molar-refractivity contribution in [3.8, 4) is 0 Å². The molecule has 124 valence electrons. The smallest absolute Gasteiger partial charge is 0.225 e. The zero-order valence-corrected chi connectivity index (χ0v) is 13.1. The topological polar surface area (TPSA) is 109 Å². The first-order valence-corrected chi connectivity index (χ1v) is 7.33. The Bertz CT molecular complexity index is 790. The minimum absolute atomic E-state index is 0.0266. The van der Waals surface area contributed by atoms with E-state index < -0.39 is 30.2 Å². The molecule has 2 aromatic rings. The minimum atomic E-state index is -1.45. The van der Waals surface area contributed by atoms with Crippen LogP contribution in [0.15, 0.2) is 48.5 Å². The standard InChI is InChI=1S/C17H14ClNO5/c18-13-7-3-1-5-10(13)12(17(23)24)9-15(20)19-14-8-4-2-6-11(14)16(21)22/h1-8,12H,9H2,(H,19,20)(H,21,22)(H,23,24)/p-2/t12-/m0/s1. The Morgan fingerprint density at radius 3 is 2.25 bits per heavy atom. The number of aromatic carboxylic acids is 1. The van der Waals surface area contributed by atoms with Crippen LogP contribution in [-0.2, 0) is 9.59 Å². The lowest BCUT2D eigenvalue weighted by Crippen LogP contribution is -2.33. The van der Waals surface area contributed by atoms with Crippen molar-refractivity contribution in [1.82, 2.24) is 0 Å². The van der Waals surface area contributed by atoms with E-state index in [2.05, 4.69) is 5.32 Å². The predicted octanol–water partition coefficient (Wildman–Crippen LogP) is 0.566. The van der Waals surface area contributed by atoms with Gasteiger partial charge in [0.25, 0.3) is 0 Å². The summed E-state index contributed by atoms with van der Waals surface area (Å²) in [6.45, 7) is 0. The second kappa shape index (κ2) is 7.61. The molecule has 0 fully saturated rings. The number of para-hydroxylation sites is 1. The molecule has 0 saturated carbocycles. The van der Waals surface area contributed by atoms with Gasteiger partial charge in [-0.05, 0) is 17.7 Å². The highest BCUT2D eigenvalue weighted by atomic mass is 35.5. The van der Waals surface area contributed by atoms with Crippen molar-refractivity contribution in [3.63, 3.8) is 0 Å². The van der Waals surface area contributed by atoms with Gasteiger partial charge in [0.15, 0.2) is 0 Å². The number of carboxylic acid groups (broad SMARTS) is 2. The van der Waals surface area contributed by atoms with Gasteiger partial charge in [-0.3, -0.25) is 4.79 Å². The van der Waals surface area contributed by atoms with Crippen molar-refractivity contribution in [2.75, 3.05) is 5.32 Å². The number of hydrogen-bond acceptors (Lipinski definition) is 5. The SMILES string of the molecule is O=C(C[C@H](C(=O)[O-])c1ccccc1Cl)Nc1ccccc1C(=O)[O-]. The molecule has 0 spiro atoms. The van der Waals surface area contributed by atoms with Crippen molar-refractivity contribution < 1.29 is 24.6 Å². The lowest BCUT2D eigenvalue weighted by atomic mass is 9.95. The average molecular weight is 346 g/mol. The fourth-order valence-electron chi connectivity index (χ4n) is 2.23. The third-order valence-electron chi connectivity index (χ3n) is 3.38. The molecule has 0 saturated heterocycles. The summed E-state index contributed by atoms with van der Waals surface area (Å²) < 4.78 is 0. The fraction of sp³-hybridized carbons (Fsp3) is 0.118. The first-order valence-electron chi connectivity index (χ1n) is 6.95. The number of amides is 1. The van der Waals surface area contributed by atoms with Gasteiger partial charge in [-0.2, -0.15) is 0 Å². The van der Waals surface area contributed by atoms with E-state index in [0.29, 0.717) is 0 Å². The maximum absolute atomic E-state index is 12.1. The Balaban J connectivity index is 2.20. The quantitative estimate of drug-likeness (QED) is 0.823. The number of carbonyl (C=O) groups excluding carboxylic acids is 3. The monoisotopic (exact) mass is 345 g/mol. The molecule has 0 unspecified atom stereocenters. The van der Waals surface area contributed by atoms with Crippen LogP contribution in [0.5, 0.6) is 0 Å². The van der Waals surface area contributed by atoms with Gasteiger partial charge in [-0.25, -0.2) is 0 Å². The Morgan fingerprint density at radius 2 is 1.62 bits per heavy atom. The molecule has 1 atom stereocenters. The molecule has 2 rings (SSSR count). The van der Waals surface area contributed by atoms with Gasteiger partial charge in [0.1, 0.15) is 0 Å². The molecule has 0 aliphatic rings. The molecule has 6 nitrogen and oxygen atoms in total. The van der Waals surface area contributed by atoms with E-state index in [0.717, 1.165) is 0 Å². The summed E-state index contributed by atoms with van der Waals surface area (Å²) in [5, 5.41) is 25.0. The van der Waals surface area contributed by atoms with Gasteiger partial charge in [-0.15, -0.1) is 0 Å². The maximum Gasteiger partial charge on any atom is 0.225 e. The molecule has 0 bridgehead atoms. The molecular formula is C17H12ClNO5-2. The highest BCUT2D eigenvalue weighted by molar-refractivity contribution is 6.31. The average Bonchev–Trinajstić information content (AvgIpc) is 2.53. The summed E-state index contributed by atoms with van der Waals surface area (Å²) in [4.78, 5) is 34.5.